The van der Waals surface area contributed by atoms with Crippen LogP contribution in [-0.2, 0) is 11.2 Å². The molecule has 0 saturated carbocycles. The molecule has 0 fully saturated rings. The third-order valence-electron chi connectivity index (χ3n) is 5.76. The van der Waals surface area contributed by atoms with Gasteiger partial charge in [-0.1, -0.05) is 55.5 Å². The Balaban J connectivity index is 1.72. The quantitative estimate of drug-likeness (QED) is 0.464. The van der Waals surface area contributed by atoms with Crippen molar-refractivity contribution >= 4 is 33.9 Å². The van der Waals surface area contributed by atoms with Crippen LogP contribution in [0.25, 0.3) is 10.9 Å². The summed E-state index contributed by atoms with van der Waals surface area (Å²) in [6, 6.07) is 26.6. The van der Waals surface area contributed by atoms with Gasteiger partial charge in [-0.15, -0.1) is 5.10 Å². The molecule has 1 aliphatic heterocycles. The van der Waals surface area contributed by atoms with Gasteiger partial charge in [-0.05, 0) is 42.3 Å². The molecule has 3 aromatic carbocycles. The van der Waals surface area contributed by atoms with Crippen LogP contribution >= 0.6 is 0 Å². The lowest BCUT2D eigenvalue weighted by Gasteiger charge is -2.31. The summed E-state index contributed by atoms with van der Waals surface area (Å²) in [5.41, 5.74) is 5.26. The van der Waals surface area contributed by atoms with Crippen molar-refractivity contribution < 1.29 is 4.79 Å². The van der Waals surface area contributed by atoms with E-state index in [0.29, 0.717) is 5.84 Å². The Labute approximate surface area is 181 Å². The molecule has 0 aliphatic carbocycles. The van der Waals surface area contributed by atoms with Crippen molar-refractivity contribution in [1.29, 1.82) is 0 Å². The number of aromatic amines is 1. The molecule has 5 rings (SSSR count). The van der Waals surface area contributed by atoms with Gasteiger partial charge in [0, 0.05) is 35.3 Å². The minimum absolute atomic E-state index is 0.0668. The van der Waals surface area contributed by atoms with E-state index >= 15 is 0 Å². The Morgan fingerprint density at radius 3 is 2.35 bits per heavy atom. The van der Waals surface area contributed by atoms with Crippen LogP contribution in [0.2, 0.25) is 0 Å². The Bertz CT molecular complexity index is 1260. The molecule has 1 atom stereocenters. The molecule has 154 valence electrons. The van der Waals surface area contributed by atoms with Gasteiger partial charge >= 0.3 is 0 Å². The number of rotatable bonds is 5. The monoisotopic (exact) mass is 408 g/mol. The molecule has 0 saturated heterocycles. The van der Waals surface area contributed by atoms with Crippen molar-refractivity contribution in [2.24, 2.45) is 5.10 Å². The zero-order chi connectivity index (χ0) is 21.4. The van der Waals surface area contributed by atoms with Crippen molar-refractivity contribution in [3.63, 3.8) is 0 Å². The average Bonchev–Trinajstić information content (AvgIpc) is 3.41. The third-order valence-corrected chi connectivity index (χ3v) is 5.76. The standard InChI is InChI=1S/C26H24N4O/c1-3-19-13-15-20(16-14-19)29-25(18(2)31)28-30(21-9-5-4-6-10-21)26(29)23-17-27-24-12-8-7-11-22(23)24/h4-17,26-27H,3H2,1-2H3. The van der Waals surface area contributed by atoms with Crippen molar-refractivity contribution in [3.05, 3.63) is 96.2 Å². The van der Waals surface area contributed by atoms with Crippen LogP contribution in [0, 0.1) is 0 Å². The summed E-state index contributed by atoms with van der Waals surface area (Å²) < 4.78 is 0. The predicted molar refractivity (Wildman–Crippen MR) is 126 cm³/mol. The molecule has 0 radical (unpaired) electrons. The fraction of sp³-hybridized carbons (Fsp3) is 0.154. The molecular formula is C26H24N4O. The van der Waals surface area contributed by atoms with Gasteiger partial charge in [0.05, 0.1) is 5.69 Å². The number of benzene rings is 3. The van der Waals surface area contributed by atoms with E-state index in [1.807, 2.05) is 58.6 Å². The number of anilines is 2. The molecule has 0 bridgehead atoms. The second-order valence-corrected chi connectivity index (χ2v) is 7.71. The normalized spacial score (nSPS) is 16.1. The summed E-state index contributed by atoms with van der Waals surface area (Å²) in [6.07, 6.45) is 2.71. The topological polar surface area (TPSA) is 51.7 Å². The van der Waals surface area contributed by atoms with E-state index in [1.165, 1.54) is 5.56 Å². The molecule has 31 heavy (non-hydrogen) atoms. The molecule has 4 aromatic rings. The summed E-state index contributed by atoms with van der Waals surface area (Å²) in [7, 11) is 0. The first-order chi connectivity index (χ1) is 15.2. The van der Waals surface area contributed by atoms with E-state index in [4.69, 9.17) is 5.10 Å². The van der Waals surface area contributed by atoms with Crippen molar-refractivity contribution in [1.82, 2.24) is 4.98 Å². The van der Waals surface area contributed by atoms with E-state index in [-0.39, 0.29) is 11.9 Å². The predicted octanol–water partition coefficient (Wildman–Crippen LogP) is 5.66. The highest BCUT2D eigenvalue weighted by Crippen LogP contribution is 2.41. The van der Waals surface area contributed by atoms with E-state index in [0.717, 1.165) is 34.3 Å². The largest absolute Gasteiger partial charge is 0.361 e. The minimum Gasteiger partial charge on any atom is -0.361 e. The molecule has 0 spiro atoms. The summed E-state index contributed by atoms with van der Waals surface area (Å²) in [5, 5.41) is 7.87. The van der Waals surface area contributed by atoms with E-state index in [1.54, 1.807) is 6.92 Å². The van der Waals surface area contributed by atoms with Gasteiger partial charge in [-0.3, -0.25) is 9.69 Å². The number of amidine groups is 1. The Hall–Kier alpha value is -3.86. The third kappa shape index (κ3) is 3.28. The number of aryl methyl sites for hydroxylation is 1. The van der Waals surface area contributed by atoms with Crippen molar-refractivity contribution in [3.8, 4) is 0 Å². The Morgan fingerprint density at radius 1 is 0.935 bits per heavy atom. The number of nitrogens with zero attached hydrogens (tertiary/aromatic N) is 3. The van der Waals surface area contributed by atoms with Crippen LogP contribution < -0.4 is 9.91 Å². The first kappa shape index (κ1) is 19.1. The lowest BCUT2D eigenvalue weighted by atomic mass is 10.1. The number of hydrogen-bond acceptors (Lipinski definition) is 4. The highest BCUT2D eigenvalue weighted by Gasteiger charge is 2.40. The van der Waals surface area contributed by atoms with Gasteiger partial charge in [0.25, 0.3) is 0 Å². The smallest absolute Gasteiger partial charge is 0.198 e. The second kappa shape index (κ2) is 7.76. The molecule has 5 heteroatoms. The first-order valence-electron chi connectivity index (χ1n) is 10.6. The van der Waals surface area contributed by atoms with Crippen molar-refractivity contribution in [2.75, 3.05) is 9.91 Å². The zero-order valence-electron chi connectivity index (χ0n) is 17.6. The van der Waals surface area contributed by atoms with E-state index < -0.39 is 0 Å². The van der Waals surface area contributed by atoms with Crippen molar-refractivity contribution in [2.45, 2.75) is 26.4 Å². The molecule has 1 unspecified atom stereocenters. The number of carbonyl (C=O) groups is 1. The summed E-state index contributed by atoms with van der Waals surface area (Å²) >= 11 is 0. The number of H-pyrrole nitrogens is 1. The number of para-hydroxylation sites is 2. The highest BCUT2D eigenvalue weighted by atomic mass is 16.1. The molecular weight excluding hydrogens is 384 g/mol. The SMILES string of the molecule is CCc1ccc(N2C(C(C)=O)=NN(c3ccccc3)C2c2c[nH]c3ccccc23)cc1. The zero-order valence-corrected chi connectivity index (χ0v) is 17.6. The first-order valence-corrected chi connectivity index (χ1v) is 10.6. The average molecular weight is 409 g/mol. The van der Waals surface area contributed by atoms with E-state index in [9.17, 15) is 4.79 Å². The number of Topliss-reactive ketones (excluding diaryl/α,β-unsaturated/α-hetero) is 1. The number of fused-ring (bicyclic) bond motifs is 1. The van der Waals surface area contributed by atoms with Gasteiger partial charge in [0.2, 0.25) is 0 Å². The van der Waals surface area contributed by atoms with Gasteiger partial charge < -0.3 is 4.98 Å². The van der Waals surface area contributed by atoms with Crippen LogP contribution in [0.4, 0.5) is 11.4 Å². The number of hydrogen-bond donors (Lipinski definition) is 1. The molecule has 2 heterocycles. The maximum atomic E-state index is 12.7. The number of nitrogens with one attached hydrogen (secondary N) is 1. The molecule has 1 aliphatic rings. The molecule has 1 N–H and O–H groups in total. The summed E-state index contributed by atoms with van der Waals surface area (Å²) in [4.78, 5) is 18.1. The van der Waals surface area contributed by atoms with Gasteiger partial charge in [0.1, 0.15) is 0 Å². The molecule has 0 amide bonds. The Kier molecular flexibility index (Phi) is 4.79. The molecule has 1 aromatic heterocycles. The number of hydrazone groups is 1. The lowest BCUT2D eigenvalue weighted by Crippen LogP contribution is -2.37. The van der Waals surface area contributed by atoms with Gasteiger partial charge in [-0.2, -0.15) is 0 Å². The Morgan fingerprint density at radius 2 is 1.65 bits per heavy atom. The maximum absolute atomic E-state index is 12.7. The number of carbonyl (C=O) groups excluding carboxylic acids is 1. The number of aromatic nitrogens is 1. The van der Waals surface area contributed by atoms with Crippen LogP contribution in [0.15, 0.2) is 90.2 Å². The minimum atomic E-state index is -0.287. The molecule has 5 nitrogen and oxygen atoms in total. The van der Waals surface area contributed by atoms with Crippen LogP contribution in [0.5, 0.6) is 0 Å². The fourth-order valence-corrected chi connectivity index (χ4v) is 4.18. The maximum Gasteiger partial charge on any atom is 0.198 e. The van der Waals surface area contributed by atoms with Crippen LogP contribution in [0.1, 0.15) is 31.1 Å². The highest BCUT2D eigenvalue weighted by molar-refractivity contribution is 6.44. The number of ketones is 1. The van der Waals surface area contributed by atoms with E-state index in [2.05, 4.69) is 48.3 Å². The summed E-state index contributed by atoms with van der Waals surface area (Å²) in [5.74, 6) is 0.367. The van der Waals surface area contributed by atoms with Gasteiger partial charge in [0.15, 0.2) is 17.8 Å². The fourth-order valence-electron chi connectivity index (χ4n) is 4.18. The lowest BCUT2D eigenvalue weighted by molar-refractivity contribution is -0.111. The van der Waals surface area contributed by atoms with Crippen LogP contribution in [-0.4, -0.2) is 16.6 Å². The van der Waals surface area contributed by atoms with Crippen LogP contribution in [0.3, 0.4) is 0 Å². The summed E-state index contributed by atoms with van der Waals surface area (Å²) in [6.45, 7) is 3.71. The van der Waals surface area contributed by atoms with Gasteiger partial charge in [-0.25, -0.2) is 5.01 Å². The second-order valence-electron chi connectivity index (χ2n) is 7.71.